The Morgan fingerprint density at radius 1 is 1.05 bits per heavy atom. The number of hydrogen-bond donors (Lipinski definition) is 3. The van der Waals surface area contributed by atoms with E-state index in [0.717, 1.165) is 31.4 Å². The molecule has 0 unspecified atom stereocenters. The number of aromatic nitrogens is 2. The molecule has 4 N–H and O–H groups in total. The average Bonchev–Trinajstić information content (AvgIpc) is 3.61. The Morgan fingerprint density at radius 3 is 2.42 bits per heavy atom. The highest BCUT2D eigenvalue weighted by Crippen LogP contribution is 2.31. The van der Waals surface area contributed by atoms with Gasteiger partial charge in [0, 0.05) is 50.2 Å². The first kappa shape index (κ1) is 28.3. The maximum Gasteiger partial charge on any atom is 0.254 e. The van der Waals surface area contributed by atoms with E-state index >= 15 is 0 Å². The molecule has 2 amide bonds. The molecule has 8 nitrogen and oxygen atoms in total. The van der Waals surface area contributed by atoms with Crippen molar-refractivity contribution in [3.63, 3.8) is 0 Å². The van der Waals surface area contributed by atoms with Gasteiger partial charge in [-0.15, -0.1) is 0 Å². The SMILES string of the molecule is Cc1cc(C(=O)N[C@@H](CC(=O)c2cc(Br)c(N)c(Br)c2)c2nc3cc(Cl)ccc3[nH]2)ccc1C(=O)N1CCCC1. The van der Waals surface area contributed by atoms with Crippen LogP contribution in [0.1, 0.15) is 67.8 Å². The van der Waals surface area contributed by atoms with E-state index in [1.807, 2.05) is 11.8 Å². The summed E-state index contributed by atoms with van der Waals surface area (Å²) >= 11 is 12.9. The lowest BCUT2D eigenvalue weighted by Crippen LogP contribution is -2.31. The lowest BCUT2D eigenvalue weighted by Gasteiger charge is -2.19. The van der Waals surface area contributed by atoms with E-state index in [4.69, 9.17) is 17.3 Å². The number of hydrogen-bond acceptors (Lipinski definition) is 5. The first-order chi connectivity index (χ1) is 19.1. The molecule has 2 heterocycles. The molecule has 0 radical (unpaired) electrons. The molecule has 0 aliphatic carbocycles. The zero-order chi connectivity index (χ0) is 28.6. The Labute approximate surface area is 252 Å². The zero-order valence-corrected chi connectivity index (χ0v) is 25.5. The minimum atomic E-state index is -0.771. The molecule has 5 rings (SSSR count). The second-order valence-electron chi connectivity index (χ2n) is 9.82. The fourth-order valence-electron chi connectivity index (χ4n) is 4.81. The van der Waals surface area contributed by atoms with Gasteiger partial charge in [-0.05, 0) is 106 Å². The van der Waals surface area contributed by atoms with Crippen molar-refractivity contribution in [2.24, 2.45) is 0 Å². The van der Waals surface area contributed by atoms with E-state index in [9.17, 15) is 14.4 Å². The lowest BCUT2D eigenvalue weighted by molar-refractivity contribution is 0.0790. The van der Waals surface area contributed by atoms with Gasteiger partial charge in [-0.1, -0.05) is 11.6 Å². The summed E-state index contributed by atoms with van der Waals surface area (Å²) in [6.45, 7) is 3.32. The highest BCUT2D eigenvalue weighted by molar-refractivity contribution is 9.11. The molecule has 206 valence electrons. The number of carbonyl (C=O) groups is 3. The smallest absolute Gasteiger partial charge is 0.254 e. The van der Waals surface area contributed by atoms with Gasteiger partial charge in [-0.25, -0.2) is 4.98 Å². The van der Waals surface area contributed by atoms with Gasteiger partial charge < -0.3 is 20.9 Å². The number of fused-ring (bicyclic) bond motifs is 1. The maximum atomic E-state index is 13.4. The van der Waals surface area contributed by atoms with Crippen LogP contribution in [-0.2, 0) is 0 Å². The van der Waals surface area contributed by atoms with Crippen molar-refractivity contribution >= 4 is 77.8 Å². The molecular weight excluding hydrogens is 662 g/mol. The van der Waals surface area contributed by atoms with Crippen molar-refractivity contribution in [3.8, 4) is 0 Å². The molecule has 40 heavy (non-hydrogen) atoms. The normalized spacial score (nSPS) is 13.9. The highest BCUT2D eigenvalue weighted by atomic mass is 79.9. The van der Waals surface area contributed by atoms with Crippen molar-refractivity contribution < 1.29 is 14.4 Å². The van der Waals surface area contributed by atoms with Gasteiger partial charge in [0.05, 0.1) is 22.8 Å². The molecule has 0 saturated carbocycles. The van der Waals surface area contributed by atoms with Crippen molar-refractivity contribution in [1.82, 2.24) is 20.2 Å². The number of halogens is 3. The third kappa shape index (κ3) is 5.94. The molecular formula is C29H26Br2ClN5O3. The zero-order valence-electron chi connectivity index (χ0n) is 21.6. The van der Waals surface area contributed by atoms with Crippen molar-refractivity contribution in [2.75, 3.05) is 18.8 Å². The van der Waals surface area contributed by atoms with Crippen LogP contribution in [-0.4, -0.2) is 45.6 Å². The molecule has 0 bridgehead atoms. The number of likely N-dealkylation sites (tertiary alicyclic amines) is 1. The van der Waals surface area contributed by atoms with E-state index in [1.165, 1.54) is 0 Å². The van der Waals surface area contributed by atoms with Gasteiger partial charge in [-0.3, -0.25) is 14.4 Å². The average molecular weight is 688 g/mol. The highest BCUT2D eigenvalue weighted by Gasteiger charge is 2.25. The summed E-state index contributed by atoms with van der Waals surface area (Å²) in [6.07, 6.45) is 1.94. The number of H-pyrrole nitrogens is 1. The summed E-state index contributed by atoms with van der Waals surface area (Å²) in [5, 5.41) is 3.49. The van der Waals surface area contributed by atoms with Gasteiger partial charge in [0.15, 0.2) is 5.78 Å². The quantitative estimate of drug-likeness (QED) is 0.149. The molecule has 1 atom stereocenters. The van der Waals surface area contributed by atoms with E-state index in [-0.39, 0.29) is 24.0 Å². The van der Waals surface area contributed by atoms with E-state index < -0.39 is 6.04 Å². The molecule has 1 aliphatic rings. The van der Waals surface area contributed by atoms with Crippen LogP contribution < -0.4 is 11.1 Å². The summed E-state index contributed by atoms with van der Waals surface area (Å²) in [5.41, 5.74) is 9.92. The summed E-state index contributed by atoms with van der Waals surface area (Å²) in [4.78, 5) is 49.4. The molecule has 1 aromatic heterocycles. The number of anilines is 1. The second-order valence-corrected chi connectivity index (χ2v) is 12.0. The number of benzene rings is 3. The number of carbonyl (C=O) groups excluding carboxylic acids is 3. The number of aryl methyl sites for hydroxylation is 1. The van der Waals surface area contributed by atoms with Crippen molar-refractivity contribution in [3.05, 3.63) is 90.6 Å². The number of nitrogens with two attached hydrogens (primary N) is 1. The van der Waals surface area contributed by atoms with Gasteiger partial charge >= 0.3 is 0 Å². The van der Waals surface area contributed by atoms with Crippen LogP contribution in [0.15, 0.2) is 57.5 Å². The lowest BCUT2D eigenvalue weighted by atomic mass is 10.0. The molecule has 0 spiro atoms. The molecule has 1 aliphatic heterocycles. The number of nitrogens with one attached hydrogen (secondary N) is 2. The fraction of sp³-hybridized carbons (Fsp3) is 0.241. The topological polar surface area (TPSA) is 121 Å². The van der Waals surface area contributed by atoms with Gasteiger partial charge in [0.2, 0.25) is 0 Å². The molecule has 1 fully saturated rings. The maximum absolute atomic E-state index is 13.4. The first-order valence-corrected chi connectivity index (χ1v) is 14.7. The Bertz CT molecular complexity index is 1630. The number of imidazole rings is 1. The van der Waals surface area contributed by atoms with Gasteiger partial charge in [0.1, 0.15) is 5.82 Å². The monoisotopic (exact) mass is 685 g/mol. The number of aromatic amines is 1. The Kier molecular flexibility index (Phi) is 8.30. The molecule has 3 aromatic carbocycles. The number of rotatable bonds is 7. The summed E-state index contributed by atoms with van der Waals surface area (Å²) < 4.78 is 1.17. The first-order valence-electron chi connectivity index (χ1n) is 12.7. The molecule has 1 saturated heterocycles. The third-order valence-corrected chi connectivity index (χ3v) is 8.55. The minimum Gasteiger partial charge on any atom is -0.397 e. The van der Waals surface area contributed by atoms with Crippen LogP contribution >= 0.6 is 43.5 Å². The van der Waals surface area contributed by atoms with E-state index in [0.29, 0.717) is 53.3 Å². The predicted octanol–water partition coefficient (Wildman–Crippen LogP) is 6.61. The van der Waals surface area contributed by atoms with Crippen LogP contribution in [0.25, 0.3) is 11.0 Å². The van der Waals surface area contributed by atoms with Crippen molar-refractivity contribution in [1.29, 1.82) is 0 Å². The molecule has 4 aromatic rings. The number of nitrogen functional groups attached to an aromatic ring is 1. The number of nitrogens with zero attached hydrogens (tertiary/aromatic N) is 2. The van der Waals surface area contributed by atoms with E-state index in [2.05, 4.69) is 47.1 Å². The number of ketones is 1. The van der Waals surface area contributed by atoms with Crippen LogP contribution in [0, 0.1) is 6.92 Å². The van der Waals surface area contributed by atoms with E-state index in [1.54, 1.807) is 48.5 Å². The number of amides is 2. The Morgan fingerprint density at radius 2 is 1.75 bits per heavy atom. The van der Waals surface area contributed by atoms with Gasteiger partial charge in [-0.2, -0.15) is 0 Å². The summed E-state index contributed by atoms with van der Waals surface area (Å²) in [5.74, 6) is -0.204. The number of Topliss-reactive ketones (excluding diaryl/α,β-unsaturated/α-hetero) is 1. The second kappa shape index (κ2) is 11.7. The fourth-order valence-corrected chi connectivity index (χ4v) is 6.16. The minimum absolute atomic E-state index is 0.0211. The Hall–Kier alpha value is -3.21. The van der Waals surface area contributed by atoms with Crippen molar-refractivity contribution in [2.45, 2.75) is 32.2 Å². The third-order valence-electron chi connectivity index (χ3n) is 7.00. The van der Waals surface area contributed by atoms with Crippen LogP contribution in [0.3, 0.4) is 0 Å². The largest absolute Gasteiger partial charge is 0.397 e. The molecule has 11 heteroatoms. The predicted molar refractivity (Wildman–Crippen MR) is 163 cm³/mol. The summed E-state index contributed by atoms with van der Waals surface area (Å²) in [6, 6.07) is 12.8. The van der Waals surface area contributed by atoms with Crippen LogP contribution in [0.4, 0.5) is 5.69 Å². The van der Waals surface area contributed by atoms with Gasteiger partial charge in [0.25, 0.3) is 11.8 Å². The van der Waals surface area contributed by atoms with Crippen LogP contribution in [0.5, 0.6) is 0 Å². The standard InChI is InChI=1S/C29H26Br2ClN5O3/c1-15-10-16(4-6-19(15)29(40)37-8-2-3-9-37)28(39)36-24(27-34-22-7-5-18(32)13-23(22)35-27)14-25(38)17-11-20(30)26(33)21(31)12-17/h4-7,10-13,24H,2-3,8-9,14,33H2,1H3,(H,34,35)(H,36,39)/t24-/m0/s1. The van der Waals surface area contributed by atoms with Crippen LogP contribution in [0.2, 0.25) is 5.02 Å². The Balaban J connectivity index is 1.43. The summed E-state index contributed by atoms with van der Waals surface area (Å²) in [7, 11) is 0.